The van der Waals surface area contributed by atoms with Gasteiger partial charge in [-0.3, -0.25) is 0 Å². The molecule has 1 heteroatoms. The molecular formula is C14H22S. The van der Waals surface area contributed by atoms with Gasteiger partial charge in [-0.25, -0.2) is 0 Å². The first-order valence-corrected chi connectivity index (χ1v) is 6.61. The molecule has 0 atom stereocenters. The zero-order valence-electron chi connectivity index (χ0n) is 10.5. The highest BCUT2D eigenvalue weighted by molar-refractivity contribution is 7.99. The molecular weight excluding hydrogens is 200 g/mol. The maximum atomic E-state index is 2.34. The molecule has 84 valence electrons. The summed E-state index contributed by atoms with van der Waals surface area (Å²) in [7, 11) is 0. The Morgan fingerprint density at radius 1 is 1.27 bits per heavy atom. The van der Waals surface area contributed by atoms with Crippen LogP contribution in [0, 0.1) is 0 Å². The number of thioether (sulfide) groups is 1. The fourth-order valence-electron chi connectivity index (χ4n) is 1.47. The minimum Gasteiger partial charge on any atom is -0.123 e. The van der Waals surface area contributed by atoms with Crippen molar-refractivity contribution in [2.75, 3.05) is 0 Å². The van der Waals surface area contributed by atoms with Gasteiger partial charge in [0.2, 0.25) is 0 Å². The van der Waals surface area contributed by atoms with E-state index in [0.29, 0.717) is 10.7 Å². The van der Waals surface area contributed by atoms with Crippen molar-refractivity contribution in [3.63, 3.8) is 0 Å². The van der Waals surface area contributed by atoms with Crippen LogP contribution in [0.5, 0.6) is 0 Å². The lowest BCUT2D eigenvalue weighted by atomic mass is 9.82. The van der Waals surface area contributed by atoms with Crippen molar-refractivity contribution in [3.05, 3.63) is 29.8 Å². The second kappa shape index (κ2) is 5.07. The standard InChI is InChI=1S/C14H22S/c1-6-14(4,5)12-8-7-9-13(10-12)15-11(2)3/h7-11H,6H2,1-5H3. The summed E-state index contributed by atoms with van der Waals surface area (Å²) < 4.78 is 0. The number of rotatable bonds is 4. The van der Waals surface area contributed by atoms with Gasteiger partial charge < -0.3 is 0 Å². The van der Waals surface area contributed by atoms with Crippen LogP contribution in [-0.4, -0.2) is 5.25 Å². The fourth-order valence-corrected chi connectivity index (χ4v) is 2.36. The van der Waals surface area contributed by atoms with Crippen LogP contribution >= 0.6 is 11.8 Å². The van der Waals surface area contributed by atoms with E-state index in [-0.39, 0.29) is 0 Å². The Bertz CT molecular complexity index is 313. The minimum atomic E-state index is 0.299. The number of hydrogen-bond donors (Lipinski definition) is 0. The maximum Gasteiger partial charge on any atom is 0.00775 e. The van der Waals surface area contributed by atoms with Crippen LogP contribution in [-0.2, 0) is 5.41 Å². The molecule has 0 aromatic heterocycles. The summed E-state index contributed by atoms with van der Waals surface area (Å²) in [5.74, 6) is 0. The first-order valence-electron chi connectivity index (χ1n) is 5.73. The lowest BCUT2D eigenvalue weighted by Crippen LogP contribution is -2.15. The van der Waals surface area contributed by atoms with Crippen molar-refractivity contribution in [3.8, 4) is 0 Å². The van der Waals surface area contributed by atoms with E-state index in [4.69, 9.17) is 0 Å². The van der Waals surface area contributed by atoms with E-state index in [1.165, 1.54) is 16.9 Å². The second-order valence-corrected chi connectivity index (χ2v) is 6.58. The Labute approximate surface area is 98.5 Å². The molecule has 0 aliphatic rings. The summed E-state index contributed by atoms with van der Waals surface area (Å²) in [5.41, 5.74) is 1.75. The van der Waals surface area contributed by atoms with Crippen LogP contribution in [0.15, 0.2) is 29.2 Å². The number of hydrogen-bond acceptors (Lipinski definition) is 1. The third-order valence-electron chi connectivity index (χ3n) is 2.87. The SMILES string of the molecule is CCC(C)(C)c1cccc(SC(C)C)c1. The predicted molar refractivity (Wildman–Crippen MR) is 70.8 cm³/mol. The van der Waals surface area contributed by atoms with Crippen LogP contribution in [0.25, 0.3) is 0 Å². The molecule has 0 unspecified atom stereocenters. The zero-order valence-corrected chi connectivity index (χ0v) is 11.3. The van der Waals surface area contributed by atoms with Crippen molar-refractivity contribution in [2.24, 2.45) is 0 Å². The van der Waals surface area contributed by atoms with Gasteiger partial charge in [0, 0.05) is 10.1 Å². The Kier molecular flexibility index (Phi) is 4.27. The van der Waals surface area contributed by atoms with E-state index >= 15 is 0 Å². The summed E-state index contributed by atoms with van der Waals surface area (Å²) in [6.45, 7) is 11.4. The van der Waals surface area contributed by atoms with Crippen molar-refractivity contribution in [2.45, 2.75) is 56.6 Å². The molecule has 0 spiro atoms. The normalized spacial score (nSPS) is 12.1. The van der Waals surface area contributed by atoms with Gasteiger partial charge in [0.25, 0.3) is 0 Å². The van der Waals surface area contributed by atoms with Crippen LogP contribution in [0.1, 0.15) is 46.6 Å². The highest BCUT2D eigenvalue weighted by Crippen LogP contribution is 2.31. The van der Waals surface area contributed by atoms with Gasteiger partial charge in [0.1, 0.15) is 0 Å². The van der Waals surface area contributed by atoms with E-state index in [1.54, 1.807) is 0 Å². The van der Waals surface area contributed by atoms with E-state index in [1.807, 2.05) is 11.8 Å². The number of benzene rings is 1. The van der Waals surface area contributed by atoms with Gasteiger partial charge in [-0.05, 0) is 29.5 Å². The average molecular weight is 222 g/mol. The molecule has 0 saturated carbocycles. The molecule has 0 saturated heterocycles. The molecule has 0 heterocycles. The summed E-state index contributed by atoms with van der Waals surface area (Å²) in [6, 6.07) is 8.97. The molecule has 0 N–H and O–H groups in total. The minimum absolute atomic E-state index is 0.299. The van der Waals surface area contributed by atoms with E-state index in [0.717, 1.165) is 0 Å². The largest absolute Gasteiger partial charge is 0.123 e. The van der Waals surface area contributed by atoms with Gasteiger partial charge in [-0.2, -0.15) is 0 Å². The van der Waals surface area contributed by atoms with Crippen molar-refractivity contribution in [1.29, 1.82) is 0 Å². The van der Waals surface area contributed by atoms with Crippen LogP contribution in [0.3, 0.4) is 0 Å². The Hall–Kier alpha value is -0.430. The van der Waals surface area contributed by atoms with Crippen LogP contribution in [0.2, 0.25) is 0 Å². The molecule has 0 nitrogen and oxygen atoms in total. The summed E-state index contributed by atoms with van der Waals surface area (Å²) >= 11 is 1.94. The van der Waals surface area contributed by atoms with E-state index in [2.05, 4.69) is 58.9 Å². The van der Waals surface area contributed by atoms with Gasteiger partial charge in [-0.15, -0.1) is 11.8 Å². The van der Waals surface area contributed by atoms with Crippen molar-refractivity contribution >= 4 is 11.8 Å². The molecule has 0 aliphatic carbocycles. The van der Waals surface area contributed by atoms with Gasteiger partial charge >= 0.3 is 0 Å². The first-order chi connectivity index (χ1) is 6.95. The lowest BCUT2D eigenvalue weighted by Gasteiger charge is -2.24. The zero-order chi connectivity index (χ0) is 11.5. The van der Waals surface area contributed by atoms with Crippen LogP contribution in [0.4, 0.5) is 0 Å². The quantitative estimate of drug-likeness (QED) is 0.655. The molecule has 0 radical (unpaired) electrons. The highest BCUT2D eigenvalue weighted by atomic mass is 32.2. The molecule has 0 bridgehead atoms. The van der Waals surface area contributed by atoms with E-state index < -0.39 is 0 Å². The summed E-state index contributed by atoms with van der Waals surface area (Å²) in [4.78, 5) is 1.39. The van der Waals surface area contributed by atoms with Crippen molar-refractivity contribution in [1.82, 2.24) is 0 Å². The second-order valence-electron chi connectivity index (χ2n) is 4.93. The topological polar surface area (TPSA) is 0 Å². The summed E-state index contributed by atoms with van der Waals surface area (Å²) in [5, 5.41) is 0.657. The molecule has 0 fully saturated rings. The monoisotopic (exact) mass is 222 g/mol. The van der Waals surface area contributed by atoms with E-state index in [9.17, 15) is 0 Å². The lowest BCUT2D eigenvalue weighted by molar-refractivity contribution is 0.505. The summed E-state index contributed by atoms with van der Waals surface area (Å²) in [6.07, 6.45) is 1.18. The first kappa shape index (κ1) is 12.6. The Morgan fingerprint density at radius 3 is 2.47 bits per heavy atom. The predicted octanol–water partition coefficient (Wildman–Crippen LogP) is 4.87. The molecule has 1 aromatic rings. The Morgan fingerprint density at radius 2 is 1.93 bits per heavy atom. The highest BCUT2D eigenvalue weighted by Gasteiger charge is 2.18. The average Bonchev–Trinajstić information content (AvgIpc) is 2.17. The molecule has 1 aromatic carbocycles. The smallest absolute Gasteiger partial charge is 0.00775 e. The molecule has 0 amide bonds. The van der Waals surface area contributed by atoms with Gasteiger partial charge in [0.05, 0.1) is 0 Å². The van der Waals surface area contributed by atoms with Crippen molar-refractivity contribution < 1.29 is 0 Å². The molecule has 1 rings (SSSR count). The third-order valence-corrected chi connectivity index (χ3v) is 3.87. The molecule has 0 aliphatic heterocycles. The van der Waals surface area contributed by atoms with Gasteiger partial charge in [-0.1, -0.05) is 46.8 Å². The van der Waals surface area contributed by atoms with Crippen LogP contribution < -0.4 is 0 Å². The Balaban J connectivity index is 2.92. The van der Waals surface area contributed by atoms with Gasteiger partial charge in [0.15, 0.2) is 0 Å². The maximum absolute atomic E-state index is 2.34. The molecule has 15 heavy (non-hydrogen) atoms. The fraction of sp³-hybridized carbons (Fsp3) is 0.571. The third kappa shape index (κ3) is 3.57.